The van der Waals surface area contributed by atoms with Crippen LogP contribution in [0.1, 0.15) is 46.2 Å². The summed E-state index contributed by atoms with van der Waals surface area (Å²) in [6.07, 6.45) is 1.33. The van der Waals surface area contributed by atoms with Gasteiger partial charge in [0.25, 0.3) is 0 Å². The predicted octanol–water partition coefficient (Wildman–Crippen LogP) is 2.25. The lowest BCUT2D eigenvalue weighted by molar-refractivity contribution is -0.144. The molecule has 1 rings (SSSR count). The molecular formula is C14H23N3O3S. The Labute approximate surface area is 129 Å². The van der Waals surface area contributed by atoms with Crippen molar-refractivity contribution in [1.82, 2.24) is 10.3 Å². The highest BCUT2D eigenvalue weighted by atomic mass is 32.1. The van der Waals surface area contributed by atoms with Crippen molar-refractivity contribution in [3.05, 3.63) is 11.1 Å². The van der Waals surface area contributed by atoms with Crippen LogP contribution in [0.15, 0.2) is 5.38 Å². The molecule has 1 aromatic heterocycles. The van der Waals surface area contributed by atoms with Crippen molar-refractivity contribution in [2.24, 2.45) is 0 Å². The number of carboxylic acids is 1. The van der Waals surface area contributed by atoms with E-state index in [0.29, 0.717) is 24.6 Å². The molecule has 1 atom stereocenters. The predicted molar refractivity (Wildman–Crippen MR) is 83.6 cm³/mol. The van der Waals surface area contributed by atoms with Gasteiger partial charge in [-0.3, -0.25) is 19.8 Å². The number of carboxylic acid groups (broad SMARTS) is 1. The topological polar surface area (TPSA) is 82.5 Å². The summed E-state index contributed by atoms with van der Waals surface area (Å²) in [7, 11) is 0. The summed E-state index contributed by atoms with van der Waals surface area (Å²) in [6, 6.07) is 0. The maximum absolute atomic E-state index is 11.5. The molecule has 0 radical (unpaired) electrons. The van der Waals surface area contributed by atoms with Crippen LogP contribution in [-0.4, -0.2) is 34.1 Å². The fourth-order valence-electron chi connectivity index (χ4n) is 2.05. The molecule has 2 N–H and O–H groups in total. The summed E-state index contributed by atoms with van der Waals surface area (Å²) in [4.78, 5) is 28.8. The number of aliphatic carboxylic acids is 1. The minimum atomic E-state index is -0.955. The van der Waals surface area contributed by atoms with Crippen molar-refractivity contribution in [3.63, 3.8) is 0 Å². The fraction of sp³-hybridized carbons (Fsp3) is 0.643. The minimum Gasteiger partial charge on any atom is -0.480 e. The Hall–Kier alpha value is -1.47. The molecule has 0 aromatic carbocycles. The Bertz CT molecular complexity index is 503. The number of rotatable bonds is 8. The van der Waals surface area contributed by atoms with Gasteiger partial charge in [-0.2, -0.15) is 0 Å². The van der Waals surface area contributed by atoms with Gasteiger partial charge in [0.2, 0.25) is 5.91 Å². The maximum Gasteiger partial charge on any atom is 0.323 e. The first-order valence-electron chi connectivity index (χ1n) is 7.05. The molecule has 0 fully saturated rings. The molecule has 0 aliphatic rings. The van der Waals surface area contributed by atoms with Crippen molar-refractivity contribution >= 4 is 28.3 Å². The van der Waals surface area contributed by atoms with E-state index >= 15 is 0 Å². The normalized spacial score (nSPS) is 13.7. The number of nitrogens with zero attached hydrogens (tertiary/aromatic N) is 2. The minimum absolute atomic E-state index is 0.0484. The number of nitrogens with one attached hydrogen (secondary N) is 1. The molecular weight excluding hydrogens is 290 g/mol. The van der Waals surface area contributed by atoms with E-state index in [1.54, 1.807) is 11.8 Å². The van der Waals surface area contributed by atoms with Crippen LogP contribution in [0.4, 0.5) is 5.13 Å². The number of thiazole rings is 1. The third-order valence-electron chi connectivity index (χ3n) is 3.35. The largest absolute Gasteiger partial charge is 0.480 e. The number of hydrogen-bond acceptors (Lipinski definition) is 5. The number of anilines is 1. The second-order valence-electron chi connectivity index (χ2n) is 5.13. The molecule has 0 saturated carbocycles. The van der Waals surface area contributed by atoms with Crippen molar-refractivity contribution in [1.29, 1.82) is 0 Å². The van der Waals surface area contributed by atoms with Gasteiger partial charge in [-0.05, 0) is 20.3 Å². The zero-order chi connectivity index (χ0) is 16.0. The van der Waals surface area contributed by atoms with E-state index in [9.17, 15) is 14.7 Å². The first-order valence-corrected chi connectivity index (χ1v) is 7.93. The SMILES string of the molecule is CCCC(C)(NCc1csc(N(CC)C(C)=O)n1)C(=O)O. The Morgan fingerprint density at radius 3 is 2.62 bits per heavy atom. The van der Waals surface area contributed by atoms with Crippen LogP contribution >= 0.6 is 11.3 Å². The average molecular weight is 313 g/mol. The third-order valence-corrected chi connectivity index (χ3v) is 4.26. The summed E-state index contributed by atoms with van der Waals surface area (Å²) in [5.74, 6) is -0.911. The van der Waals surface area contributed by atoms with Crippen LogP contribution in [0.25, 0.3) is 0 Å². The van der Waals surface area contributed by atoms with Gasteiger partial charge < -0.3 is 5.11 Å². The standard InChI is InChI=1S/C14H23N3O3S/c1-5-7-14(4,12(19)20)15-8-11-9-21-13(16-11)17(6-2)10(3)18/h9,15H,5-8H2,1-4H3,(H,19,20). The molecule has 21 heavy (non-hydrogen) atoms. The highest BCUT2D eigenvalue weighted by Gasteiger charge is 2.31. The van der Waals surface area contributed by atoms with E-state index in [-0.39, 0.29) is 5.91 Å². The van der Waals surface area contributed by atoms with Gasteiger partial charge in [0.15, 0.2) is 5.13 Å². The highest BCUT2D eigenvalue weighted by molar-refractivity contribution is 7.14. The molecule has 0 spiro atoms. The van der Waals surface area contributed by atoms with Gasteiger partial charge in [-0.25, -0.2) is 4.98 Å². The van der Waals surface area contributed by atoms with E-state index in [1.807, 2.05) is 19.2 Å². The number of carbonyl (C=O) groups is 2. The van der Waals surface area contributed by atoms with E-state index in [2.05, 4.69) is 10.3 Å². The summed E-state index contributed by atoms with van der Waals surface area (Å²) < 4.78 is 0. The molecule has 0 aliphatic heterocycles. The van der Waals surface area contributed by atoms with Gasteiger partial charge in [-0.1, -0.05) is 13.3 Å². The fourth-order valence-corrected chi connectivity index (χ4v) is 2.98. The summed E-state index contributed by atoms with van der Waals surface area (Å²) in [5, 5.41) is 14.9. The van der Waals surface area contributed by atoms with Crippen LogP contribution in [-0.2, 0) is 16.1 Å². The lowest BCUT2D eigenvalue weighted by Crippen LogP contribution is -2.49. The molecule has 118 valence electrons. The van der Waals surface area contributed by atoms with Crippen LogP contribution in [0.5, 0.6) is 0 Å². The Morgan fingerprint density at radius 1 is 1.48 bits per heavy atom. The maximum atomic E-state index is 11.5. The first-order chi connectivity index (χ1) is 9.84. The molecule has 0 saturated heterocycles. The van der Waals surface area contributed by atoms with E-state index in [0.717, 1.165) is 12.1 Å². The van der Waals surface area contributed by atoms with Crippen LogP contribution in [0.2, 0.25) is 0 Å². The summed E-state index contributed by atoms with van der Waals surface area (Å²) in [6.45, 7) is 7.97. The number of amides is 1. The number of hydrogen-bond donors (Lipinski definition) is 2. The Morgan fingerprint density at radius 2 is 2.14 bits per heavy atom. The molecule has 0 aliphatic carbocycles. The summed E-state index contributed by atoms with van der Waals surface area (Å²) in [5.41, 5.74) is -0.206. The Balaban J connectivity index is 2.74. The zero-order valence-corrected chi connectivity index (χ0v) is 13.8. The lowest BCUT2D eigenvalue weighted by Gasteiger charge is -2.25. The van der Waals surface area contributed by atoms with Gasteiger partial charge >= 0.3 is 5.97 Å². The van der Waals surface area contributed by atoms with Crippen molar-refractivity contribution < 1.29 is 14.7 Å². The molecule has 0 bridgehead atoms. The zero-order valence-electron chi connectivity index (χ0n) is 13.0. The van der Waals surface area contributed by atoms with Crippen molar-refractivity contribution in [3.8, 4) is 0 Å². The molecule has 7 heteroatoms. The van der Waals surface area contributed by atoms with Gasteiger partial charge in [0, 0.05) is 25.4 Å². The van der Waals surface area contributed by atoms with Crippen LogP contribution in [0.3, 0.4) is 0 Å². The molecule has 6 nitrogen and oxygen atoms in total. The smallest absolute Gasteiger partial charge is 0.323 e. The van der Waals surface area contributed by atoms with E-state index < -0.39 is 11.5 Å². The van der Waals surface area contributed by atoms with E-state index in [4.69, 9.17) is 0 Å². The molecule has 1 aromatic rings. The van der Waals surface area contributed by atoms with E-state index in [1.165, 1.54) is 18.3 Å². The molecule has 1 heterocycles. The molecule has 1 amide bonds. The van der Waals surface area contributed by atoms with Gasteiger partial charge in [0.05, 0.1) is 5.69 Å². The lowest BCUT2D eigenvalue weighted by atomic mass is 9.96. The van der Waals surface area contributed by atoms with Gasteiger partial charge in [-0.15, -0.1) is 11.3 Å². The second-order valence-corrected chi connectivity index (χ2v) is 5.96. The molecule has 1 unspecified atom stereocenters. The second kappa shape index (κ2) is 7.51. The highest BCUT2D eigenvalue weighted by Crippen LogP contribution is 2.21. The summed E-state index contributed by atoms with van der Waals surface area (Å²) >= 11 is 1.39. The van der Waals surface area contributed by atoms with Crippen molar-refractivity contribution in [2.45, 2.75) is 52.6 Å². The Kier molecular flexibility index (Phi) is 6.29. The van der Waals surface area contributed by atoms with Crippen LogP contribution < -0.4 is 10.2 Å². The number of carbonyl (C=O) groups excluding carboxylic acids is 1. The number of aromatic nitrogens is 1. The van der Waals surface area contributed by atoms with Crippen molar-refractivity contribution in [2.75, 3.05) is 11.4 Å². The van der Waals surface area contributed by atoms with Crippen LogP contribution in [0, 0.1) is 0 Å². The quantitative estimate of drug-likeness (QED) is 0.769. The average Bonchev–Trinajstić information content (AvgIpc) is 2.85. The third kappa shape index (κ3) is 4.50. The monoisotopic (exact) mass is 313 g/mol. The van der Waals surface area contributed by atoms with Gasteiger partial charge in [0.1, 0.15) is 5.54 Å². The first kappa shape index (κ1) is 17.6.